The Bertz CT molecular complexity index is 941. The van der Waals surface area contributed by atoms with Gasteiger partial charge in [-0.05, 0) is 42.8 Å². The van der Waals surface area contributed by atoms with E-state index in [-0.39, 0.29) is 30.1 Å². The number of aromatic nitrogens is 3. The third-order valence-corrected chi connectivity index (χ3v) is 5.02. The molecule has 8 heteroatoms. The Labute approximate surface area is 161 Å². The molecule has 2 amide bonds. The first-order chi connectivity index (χ1) is 13.6. The number of hydrogen-bond donors (Lipinski definition) is 2. The smallest absolute Gasteiger partial charge is 0.318 e. The summed E-state index contributed by atoms with van der Waals surface area (Å²) in [6.07, 6.45) is 1.47. The van der Waals surface area contributed by atoms with Gasteiger partial charge in [-0.2, -0.15) is 0 Å². The largest absolute Gasteiger partial charge is 0.357 e. The highest BCUT2D eigenvalue weighted by Crippen LogP contribution is 2.32. The van der Waals surface area contributed by atoms with Crippen molar-refractivity contribution in [2.24, 2.45) is 0 Å². The van der Waals surface area contributed by atoms with Gasteiger partial charge in [-0.1, -0.05) is 18.2 Å². The van der Waals surface area contributed by atoms with Crippen molar-refractivity contribution in [2.45, 2.75) is 38.3 Å². The first kappa shape index (κ1) is 18.3. The molecule has 4 rings (SSSR count). The monoisotopic (exact) mass is 385 g/mol. The van der Waals surface area contributed by atoms with Crippen molar-refractivity contribution in [3.63, 3.8) is 0 Å². The number of urea groups is 1. The molecule has 146 valence electrons. The average Bonchev–Trinajstić information content (AvgIpc) is 3.16. The third kappa shape index (κ3) is 3.81. The number of H-pyrrole nitrogens is 1. The van der Waals surface area contributed by atoms with E-state index in [1.807, 2.05) is 24.3 Å². The third-order valence-electron chi connectivity index (χ3n) is 5.02. The zero-order valence-corrected chi connectivity index (χ0v) is 15.2. The molecule has 2 aromatic heterocycles. The molecule has 3 aromatic rings. The second-order valence-corrected chi connectivity index (χ2v) is 6.87. The fourth-order valence-corrected chi connectivity index (χ4v) is 3.65. The van der Waals surface area contributed by atoms with Crippen molar-refractivity contribution in [3.8, 4) is 0 Å². The minimum absolute atomic E-state index is 0.00924. The Hall–Kier alpha value is -3.03. The number of rotatable bonds is 4. The molecule has 2 N–H and O–H groups in total. The van der Waals surface area contributed by atoms with E-state index in [2.05, 4.69) is 26.3 Å². The molecule has 1 aromatic carbocycles. The fraction of sp³-hybridized carbons (Fsp3) is 0.350. The first-order valence-electron chi connectivity index (χ1n) is 9.34. The Kier molecular flexibility index (Phi) is 5.18. The minimum Gasteiger partial charge on any atom is -0.357 e. The highest BCUT2D eigenvalue weighted by Gasteiger charge is 2.29. The zero-order chi connectivity index (χ0) is 19.5. The van der Waals surface area contributed by atoms with Crippen LogP contribution in [0.5, 0.6) is 0 Å². The van der Waals surface area contributed by atoms with Gasteiger partial charge in [0.2, 0.25) is 0 Å². The lowest BCUT2D eigenvalue weighted by molar-refractivity contribution is 0.145. The molecule has 1 saturated heterocycles. The molecule has 1 aliphatic heterocycles. The molecule has 28 heavy (non-hydrogen) atoms. The van der Waals surface area contributed by atoms with E-state index >= 15 is 0 Å². The van der Waals surface area contributed by atoms with Gasteiger partial charge >= 0.3 is 6.03 Å². The van der Waals surface area contributed by atoms with Crippen LogP contribution in [-0.4, -0.2) is 32.4 Å². The van der Waals surface area contributed by atoms with Crippen LogP contribution in [0, 0.1) is 0 Å². The molecule has 1 aliphatic rings. The highest BCUT2D eigenvalue weighted by molar-refractivity contribution is 5.81. The molecule has 0 spiro atoms. The second-order valence-electron chi connectivity index (χ2n) is 6.87. The highest BCUT2D eigenvalue weighted by atomic mass is 19.3. The number of amides is 2. The molecular weight excluding hydrogens is 364 g/mol. The fourth-order valence-electron chi connectivity index (χ4n) is 3.65. The number of carbonyl (C=O) groups excluding carboxylic acids is 1. The molecule has 0 saturated carbocycles. The summed E-state index contributed by atoms with van der Waals surface area (Å²) in [5.74, 6) is 0.172. The molecule has 0 bridgehead atoms. The summed E-state index contributed by atoms with van der Waals surface area (Å²) in [5.41, 5.74) is 1.71. The number of halogens is 2. The number of piperidine rings is 1. The van der Waals surface area contributed by atoms with Gasteiger partial charge in [0.25, 0.3) is 6.43 Å². The van der Waals surface area contributed by atoms with E-state index in [0.717, 1.165) is 35.9 Å². The van der Waals surface area contributed by atoms with Gasteiger partial charge in [-0.25, -0.2) is 23.5 Å². The molecule has 1 atom stereocenters. The predicted molar refractivity (Wildman–Crippen MR) is 101 cm³/mol. The van der Waals surface area contributed by atoms with Crippen LogP contribution in [0.1, 0.15) is 48.9 Å². The van der Waals surface area contributed by atoms with Gasteiger partial charge in [0.1, 0.15) is 11.5 Å². The molecule has 1 fully saturated rings. The average molecular weight is 385 g/mol. The van der Waals surface area contributed by atoms with Crippen LogP contribution in [0.4, 0.5) is 13.6 Å². The van der Waals surface area contributed by atoms with Crippen LogP contribution in [-0.2, 0) is 6.54 Å². The molecule has 6 nitrogen and oxygen atoms in total. The van der Waals surface area contributed by atoms with Gasteiger partial charge in [0.15, 0.2) is 0 Å². The van der Waals surface area contributed by atoms with Crippen molar-refractivity contribution < 1.29 is 13.6 Å². The van der Waals surface area contributed by atoms with E-state index in [1.165, 1.54) is 12.3 Å². The molecule has 1 unspecified atom stereocenters. The maximum atomic E-state index is 12.8. The lowest BCUT2D eigenvalue weighted by Gasteiger charge is -2.35. The van der Waals surface area contributed by atoms with Gasteiger partial charge in [0, 0.05) is 24.0 Å². The number of carbonyl (C=O) groups is 1. The number of benzene rings is 1. The predicted octanol–water partition coefficient (Wildman–Crippen LogP) is 4.33. The molecule has 0 aliphatic carbocycles. The van der Waals surface area contributed by atoms with Gasteiger partial charge in [-0.3, -0.25) is 0 Å². The zero-order valence-electron chi connectivity index (χ0n) is 15.2. The summed E-state index contributed by atoms with van der Waals surface area (Å²) in [4.78, 5) is 25.8. The van der Waals surface area contributed by atoms with Crippen molar-refractivity contribution in [2.75, 3.05) is 6.54 Å². The normalized spacial score (nSPS) is 17.2. The number of fused-ring (bicyclic) bond motifs is 1. The van der Waals surface area contributed by atoms with Crippen LogP contribution < -0.4 is 5.32 Å². The van der Waals surface area contributed by atoms with Gasteiger partial charge in [-0.15, -0.1) is 0 Å². The number of alkyl halides is 2. The van der Waals surface area contributed by atoms with Crippen LogP contribution in [0.25, 0.3) is 10.9 Å². The van der Waals surface area contributed by atoms with Crippen molar-refractivity contribution in [1.82, 2.24) is 25.2 Å². The Morgan fingerprint density at radius 2 is 2.14 bits per heavy atom. The number of nitrogens with one attached hydrogen (secondary N) is 2. The Balaban J connectivity index is 1.48. The van der Waals surface area contributed by atoms with E-state index < -0.39 is 6.43 Å². The minimum atomic E-state index is -2.66. The number of aromatic amines is 1. The molecular formula is C20H21F2N5O. The van der Waals surface area contributed by atoms with E-state index in [1.54, 1.807) is 4.90 Å². The van der Waals surface area contributed by atoms with E-state index in [4.69, 9.17) is 0 Å². The molecule has 0 radical (unpaired) electrons. The van der Waals surface area contributed by atoms with Crippen molar-refractivity contribution in [1.29, 1.82) is 0 Å². The summed E-state index contributed by atoms with van der Waals surface area (Å²) in [6, 6.07) is 11.0. The Morgan fingerprint density at radius 3 is 2.96 bits per heavy atom. The summed E-state index contributed by atoms with van der Waals surface area (Å²) < 4.78 is 25.5. The number of hydrogen-bond acceptors (Lipinski definition) is 3. The number of nitrogens with zero attached hydrogens (tertiary/aromatic N) is 3. The van der Waals surface area contributed by atoms with Crippen LogP contribution in [0.2, 0.25) is 0 Å². The second kappa shape index (κ2) is 7.92. The first-order valence-corrected chi connectivity index (χ1v) is 9.34. The molecule has 3 heterocycles. The van der Waals surface area contributed by atoms with Crippen LogP contribution >= 0.6 is 0 Å². The van der Waals surface area contributed by atoms with E-state index in [9.17, 15) is 13.6 Å². The number of para-hydroxylation sites is 1. The van der Waals surface area contributed by atoms with Crippen molar-refractivity contribution in [3.05, 3.63) is 59.8 Å². The van der Waals surface area contributed by atoms with Gasteiger partial charge in [0.05, 0.1) is 12.6 Å². The lowest BCUT2D eigenvalue weighted by atomic mass is 10.00. The van der Waals surface area contributed by atoms with Crippen LogP contribution in [0.3, 0.4) is 0 Å². The summed E-state index contributed by atoms with van der Waals surface area (Å²) in [6.45, 7) is 0.652. The van der Waals surface area contributed by atoms with Crippen LogP contribution in [0.15, 0.2) is 42.6 Å². The topological polar surface area (TPSA) is 73.9 Å². The summed E-state index contributed by atoms with van der Waals surface area (Å²) >= 11 is 0. The Morgan fingerprint density at radius 1 is 1.29 bits per heavy atom. The maximum Gasteiger partial charge on any atom is 0.318 e. The SMILES string of the molecule is O=C(NCc1nccc(C(F)F)n1)N1CCCCC1c1cc2ccccc2[nH]1. The van der Waals surface area contributed by atoms with Gasteiger partial charge < -0.3 is 15.2 Å². The lowest BCUT2D eigenvalue weighted by Crippen LogP contribution is -2.44. The maximum absolute atomic E-state index is 12.8. The van der Waals surface area contributed by atoms with E-state index in [0.29, 0.717) is 6.54 Å². The number of likely N-dealkylation sites (tertiary alicyclic amines) is 1. The summed E-state index contributed by atoms with van der Waals surface area (Å²) in [5, 5.41) is 3.88. The standard InChI is InChI=1S/C20H21F2N5O/c21-19(22)15-8-9-23-18(26-15)12-24-20(28)27-10-4-3-7-17(27)16-11-13-5-1-2-6-14(13)25-16/h1-2,5-6,8-9,11,17,19,25H,3-4,7,10,12H2,(H,24,28). The van der Waals surface area contributed by atoms with Crippen molar-refractivity contribution >= 4 is 16.9 Å². The quantitative estimate of drug-likeness (QED) is 0.702. The summed E-state index contributed by atoms with van der Waals surface area (Å²) in [7, 11) is 0.